The largest absolute Gasteiger partial charge is 0.481 e. The van der Waals surface area contributed by atoms with Gasteiger partial charge >= 0.3 is 5.97 Å². The molecule has 1 heterocycles. The summed E-state index contributed by atoms with van der Waals surface area (Å²) in [5, 5.41) is 9.36. The van der Waals surface area contributed by atoms with Gasteiger partial charge in [-0.05, 0) is 25.7 Å². The number of likely N-dealkylation sites (tertiary alicyclic amines) is 1. The summed E-state index contributed by atoms with van der Waals surface area (Å²) in [6, 6.07) is 0. The Kier molecular flexibility index (Phi) is 5.83. The highest BCUT2D eigenvalue weighted by Crippen LogP contribution is 2.35. The topological polar surface area (TPSA) is 57.6 Å². The number of carbonyl (C=O) groups is 2. The molecule has 1 aliphatic heterocycles. The molecule has 1 rings (SSSR count). The molecule has 4 heteroatoms. The van der Waals surface area contributed by atoms with E-state index >= 15 is 0 Å². The maximum absolute atomic E-state index is 12.4. The molecule has 4 nitrogen and oxygen atoms in total. The summed E-state index contributed by atoms with van der Waals surface area (Å²) in [4.78, 5) is 25.6. The third-order valence-corrected chi connectivity index (χ3v) is 4.54. The number of nitrogens with zero attached hydrogens (tertiary/aromatic N) is 1. The summed E-state index contributed by atoms with van der Waals surface area (Å²) in [6.07, 6.45) is 5.12. The molecule has 1 amide bonds. The molecule has 0 saturated carbocycles. The van der Waals surface area contributed by atoms with Crippen LogP contribution in [-0.4, -0.2) is 35.0 Å². The predicted molar refractivity (Wildman–Crippen MR) is 74.9 cm³/mol. The molecule has 0 bridgehead atoms. The SMILES string of the molecule is CCCCC(CC)C(=O)N1CCC(CC)(C(=O)O)C1. The van der Waals surface area contributed by atoms with E-state index in [2.05, 4.69) is 6.92 Å². The second kappa shape index (κ2) is 6.92. The molecule has 1 aliphatic rings. The molecule has 0 aromatic rings. The van der Waals surface area contributed by atoms with E-state index < -0.39 is 11.4 Å². The molecule has 0 aromatic heterocycles. The van der Waals surface area contributed by atoms with Crippen molar-refractivity contribution >= 4 is 11.9 Å². The van der Waals surface area contributed by atoms with Gasteiger partial charge in [0.25, 0.3) is 0 Å². The van der Waals surface area contributed by atoms with Crippen LogP contribution in [-0.2, 0) is 9.59 Å². The number of carbonyl (C=O) groups excluding carboxylic acids is 1. The van der Waals surface area contributed by atoms with E-state index in [1.165, 1.54) is 0 Å². The normalized spacial score (nSPS) is 24.5. The lowest BCUT2D eigenvalue weighted by molar-refractivity contribution is -0.149. The minimum Gasteiger partial charge on any atom is -0.481 e. The Morgan fingerprint density at radius 2 is 2.00 bits per heavy atom. The van der Waals surface area contributed by atoms with Gasteiger partial charge < -0.3 is 10.0 Å². The van der Waals surface area contributed by atoms with E-state index in [9.17, 15) is 14.7 Å². The molecule has 1 N–H and O–H groups in total. The first-order valence-corrected chi connectivity index (χ1v) is 7.53. The average Bonchev–Trinajstić information content (AvgIpc) is 2.85. The fourth-order valence-electron chi connectivity index (χ4n) is 2.89. The van der Waals surface area contributed by atoms with Crippen LogP contribution in [0.25, 0.3) is 0 Å². The van der Waals surface area contributed by atoms with E-state index in [4.69, 9.17) is 0 Å². The summed E-state index contributed by atoms with van der Waals surface area (Å²) < 4.78 is 0. The number of hydrogen-bond acceptors (Lipinski definition) is 2. The molecule has 110 valence electrons. The van der Waals surface area contributed by atoms with Crippen LogP contribution in [0, 0.1) is 11.3 Å². The van der Waals surface area contributed by atoms with Crippen molar-refractivity contribution < 1.29 is 14.7 Å². The van der Waals surface area contributed by atoms with Crippen LogP contribution in [0.4, 0.5) is 0 Å². The number of carboxylic acids is 1. The number of carboxylic acid groups (broad SMARTS) is 1. The Labute approximate surface area is 116 Å². The zero-order valence-electron chi connectivity index (χ0n) is 12.4. The molecule has 2 atom stereocenters. The Balaban J connectivity index is 2.67. The van der Waals surface area contributed by atoms with Gasteiger partial charge in [0, 0.05) is 19.0 Å². The second-order valence-electron chi connectivity index (χ2n) is 5.70. The lowest BCUT2D eigenvalue weighted by Crippen LogP contribution is -2.39. The molecular formula is C15H27NO3. The van der Waals surface area contributed by atoms with Gasteiger partial charge in [0.15, 0.2) is 0 Å². The molecule has 2 unspecified atom stereocenters. The third kappa shape index (κ3) is 3.48. The Morgan fingerprint density at radius 1 is 1.32 bits per heavy atom. The summed E-state index contributed by atoms with van der Waals surface area (Å²) >= 11 is 0. The summed E-state index contributed by atoms with van der Waals surface area (Å²) in [5.41, 5.74) is -0.710. The summed E-state index contributed by atoms with van der Waals surface area (Å²) in [6.45, 7) is 7.05. The first kappa shape index (κ1) is 16.0. The number of aliphatic carboxylic acids is 1. The smallest absolute Gasteiger partial charge is 0.311 e. The quantitative estimate of drug-likeness (QED) is 0.773. The van der Waals surface area contributed by atoms with Crippen molar-refractivity contribution in [2.24, 2.45) is 11.3 Å². The van der Waals surface area contributed by atoms with Crippen LogP contribution >= 0.6 is 0 Å². The van der Waals surface area contributed by atoms with Crippen LogP contribution in [0.2, 0.25) is 0 Å². The molecule has 19 heavy (non-hydrogen) atoms. The van der Waals surface area contributed by atoms with Crippen LogP contribution in [0.15, 0.2) is 0 Å². The van der Waals surface area contributed by atoms with Crippen molar-refractivity contribution in [1.82, 2.24) is 4.90 Å². The fourth-order valence-corrected chi connectivity index (χ4v) is 2.89. The Hall–Kier alpha value is -1.06. The van der Waals surface area contributed by atoms with Crippen LogP contribution in [0.3, 0.4) is 0 Å². The van der Waals surface area contributed by atoms with Crippen molar-refractivity contribution in [3.05, 3.63) is 0 Å². The van der Waals surface area contributed by atoms with E-state index in [1.807, 2.05) is 13.8 Å². The van der Waals surface area contributed by atoms with E-state index in [1.54, 1.807) is 4.90 Å². The minimum atomic E-state index is -0.757. The monoisotopic (exact) mass is 269 g/mol. The van der Waals surface area contributed by atoms with Gasteiger partial charge in [0.1, 0.15) is 0 Å². The molecular weight excluding hydrogens is 242 g/mol. The zero-order valence-corrected chi connectivity index (χ0v) is 12.4. The first-order chi connectivity index (χ1) is 9.00. The number of hydrogen-bond donors (Lipinski definition) is 1. The maximum atomic E-state index is 12.4. The molecule has 0 spiro atoms. The fraction of sp³-hybridized carbons (Fsp3) is 0.867. The van der Waals surface area contributed by atoms with Crippen molar-refractivity contribution in [1.29, 1.82) is 0 Å². The maximum Gasteiger partial charge on any atom is 0.311 e. The van der Waals surface area contributed by atoms with Gasteiger partial charge in [-0.25, -0.2) is 0 Å². The third-order valence-electron chi connectivity index (χ3n) is 4.54. The zero-order chi connectivity index (χ0) is 14.5. The Bertz CT molecular complexity index is 329. The van der Waals surface area contributed by atoms with Gasteiger partial charge in [-0.3, -0.25) is 9.59 Å². The highest BCUT2D eigenvalue weighted by atomic mass is 16.4. The van der Waals surface area contributed by atoms with E-state index in [-0.39, 0.29) is 11.8 Å². The van der Waals surface area contributed by atoms with Gasteiger partial charge in [0.05, 0.1) is 5.41 Å². The molecule has 1 fully saturated rings. The lowest BCUT2D eigenvalue weighted by atomic mass is 9.84. The van der Waals surface area contributed by atoms with Gasteiger partial charge in [0.2, 0.25) is 5.91 Å². The number of amides is 1. The predicted octanol–water partition coefficient (Wildman–Crippen LogP) is 2.92. The molecule has 0 aliphatic carbocycles. The Morgan fingerprint density at radius 3 is 2.42 bits per heavy atom. The first-order valence-electron chi connectivity index (χ1n) is 7.53. The number of unbranched alkanes of at least 4 members (excludes halogenated alkanes) is 1. The van der Waals surface area contributed by atoms with Gasteiger partial charge in [-0.2, -0.15) is 0 Å². The van der Waals surface area contributed by atoms with Crippen molar-refractivity contribution in [2.75, 3.05) is 13.1 Å². The van der Waals surface area contributed by atoms with E-state index in [0.717, 1.165) is 25.7 Å². The summed E-state index contributed by atoms with van der Waals surface area (Å²) in [5.74, 6) is -0.527. The highest BCUT2D eigenvalue weighted by molar-refractivity contribution is 5.82. The van der Waals surface area contributed by atoms with E-state index in [0.29, 0.717) is 25.9 Å². The van der Waals surface area contributed by atoms with Crippen LogP contribution < -0.4 is 0 Å². The summed E-state index contributed by atoms with van der Waals surface area (Å²) in [7, 11) is 0. The van der Waals surface area contributed by atoms with Crippen molar-refractivity contribution in [3.8, 4) is 0 Å². The van der Waals surface area contributed by atoms with Crippen molar-refractivity contribution in [3.63, 3.8) is 0 Å². The van der Waals surface area contributed by atoms with Gasteiger partial charge in [-0.1, -0.05) is 33.6 Å². The lowest BCUT2D eigenvalue weighted by Gasteiger charge is -2.25. The van der Waals surface area contributed by atoms with Crippen LogP contribution in [0.1, 0.15) is 59.3 Å². The minimum absolute atomic E-state index is 0.0707. The van der Waals surface area contributed by atoms with Crippen LogP contribution in [0.5, 0.6) is 0 Å². The highest BCUT2D eigenvalue weighted by Gasteiger charge is 2.45. The molecule has 0 radical (unpaired) electrons. The average molecular weight is 269 g/mol. The second-order valence-corrected chi connectivity index (χ2v) is 5.70. The molecule has 0 aromatic carbocycles. The van der Waals surface area contributed by atoms with Gasteiger partial charge in [-0.15, -0.1) is 0 Å². The number of rotatable bonds is 7. The van der Waals surface area contributed by atoms with Crippen molar-refractivity contribution in [2.45, 2.75) is 59.3 Å². The molecule has 1 saturated heterocycles. The standard InChI is InChI=1S/C15H27NO3/c1-4-7-8-12(5-2)13(17)16-10-9-15(6-3,11-16)14(18)19/h12H,4-11H2,1-3H3,(H,18,19).